The highest BCUT2D eigenvalue weighted by atomic mass is 32.2. The van der Waals surface area contributed by atoms with Gasteiger partial charge in [0.2, 0.25) is 26.0 Å². The van der Waals surface area contributed by atoms with Crippen molar-refractivity contribution in [3.05, 3.63) is 18.2 Å². The van der Waals surface area contributed by atoms with Gasteiger partial charge in [0.25, 0.3) is 0 Å². The molecule has 2 aliphatic rings. The normalized spacial score (nSPS) is 21.1. The van der Waals surface area contributed by atoms with Crippen LogP contribution >= 0.6 is 0 Å². The summed E-state index contributed by atoms with van der Waals surface area (Å²) < 4.78 is 64.6. The third kappa shape index (κ3) is 6.12. The number of nitrogens with one attached hydrogen (secondary N) is 2. The van der Waals surface area contributed by atoms with Gasteiger partial charge in [-0.3, -0.25) is 4.79 Å². The summed E-state index contributed by atoms with van der Waals surface area (Å²) in [5.74, 6) is 0.00406. The molecule has 0 aliphatic carbocycles. The fourth-order valence-corrected chi connectivity index (χ4v) is 5.96. The second kappa shape index (κ2) is 9.94. The fraction of sp³-hybridized carbons (Fsp3) is 0.650. The molecule has 1 amide bonds. The summed E-state index contributed by atoms with van der Waals surface area (Å²) in [7, 11) is -7.38. The van der Waals surface area contributed by atoms with Gasteiger partial charge in [0, 0.05) is 31.6 Å². The smallest absolute Gasteiger partial charge is 0.241 e. The van der Waals surface area contributed by atoms with Gasteiger partial charge in [-0.1, -0.05) is 13.8 Å². The first-order valence-electron chi connectivity index (χ1n) is 10.6. The van der Waals surface area contributed by atoms with Crippen LogP contribution in [-0.4, -0.2) is 71.7 Å². The number of carbonyl (C=O) groups excluding carboxylic acids is 1. The van der Waals surface area contributed by atoms with Crippen LogP contribution in [0.25, 0.3) is 0 Å². The molecule has 180 valence electrons. The van der Waals surface area contributed by atoms with Gasteiger partial charge in [0.15, 0.2) is 11.5 Å². The van der Waals surface area contributed by atoms with Gasteiger partial charge in [-0.05, 0) is 30.9 Å². The SMILES string of the molecule is CC(C)C(NS(=O)(=O)c1ccc2c(c1)OCCCO2)C(=O)NC1CCCN(S(C)(=O)=O)C1. The van der Waals surface area contributed by atoms with Crippen molar-refractivity contribution in [3.8, 4) is 11.5 Å². The molecule has 12 heteroatoms. The first kappa shape index (κ1) is 24.7. The lowest BCUT2D eigenvalue weighted by molar-refractivity contribution is -0.124. The number of hydrogen-bond donors (Lipinski definition) is 2. The Bertz CT molecular complexity index is 1040. The molecule has 1 saturated heterocycles. The highest BCUT2D eigenvalue weighted by Crippen LogP contribution is 2.32. The lowest BCUT2D eigenvalue weighted by Crippen LogP contribution is -2.55. The maximum absolute atomic E-state index is 13.0. The van der Waals surface area contributed by atoms with Crippen molar-refractivity contribution in [2.24, 2.45) is 5.92 Å². The molecule has 2 unspecified atom stereocenters. The van der Waals surface area contributed by atoms with Gasteiger partial charge in [-0.25, -0.2) is 21.1 Å². The third-order valence-electron chi connectivity index (χ3n) is 5.46. The summed E-state index contributed by atoms with van der Waals surface area (Å²) in [4.78, 5) is 12.9. The van der Waals surface area contributed by atoms with Gasteiger partial charge in [0.05, 0.1) is 24.4 Å². The van der Waals surface area contributed by atoms with E-state index in [1.54, 1.807) is 19.9 Å². The van der Waals surface area contributed by atoms with Crippen LogP contribution in [0.1, 0.15) is 33.1 Å². The number of amides is 1. The molecule has 0 saturated carbocycles. The third-order valence-corrected chi connectivity index (χ3v) is 8.17. The number of benzene rings is 1. The number of fused-ring (bicyclic) bond motifs is 1. The Morgan fingerprint density at radius 3 is 2.44 bits per heavy atom. The predicted molar refractivity (Wildman–Crippen MR) is 119 cm³/mol. The van der Waals surface area contributed by atoms with Crippen LogP contribution < -0.4 is 19.5 Å². The molecule has 1 aromatic carbocycles. The van der Waals surface area contributed by atoms with Crippen LogP contribution in [0.5, 0.6) is 11.5 Å². The van der Waals surface area contributed by atoms with Crippen LogP contribution in [-0.2, 0) is 24.8 Å². The van der Waals surface area contributed by atoms with Crippen LogP contribution in [0.3, 0.4) is 0 Å². The van der Waals surface area contributed by atoms with E-state index in [9.17, 15) is 21.6 Å². The van der Waals surface area contributed by atoms with E-state index in [2.05, 4.69) is 10.0 Å². The van der Waals surface area contributed by atoms with E-state index in [0.29, 0.717) is 50.5 Å². The molecular weight excluding hydrogens is 458 g/mol. The molecular formula is C20H31N3O7S2. The Morgan fingerprint density at radius 2 is 1.78 bits per heavy atom. The zero-order chi connectivity index (χ0) is 23.5. The number of ether oxygens (including phenoxy) is 2. The first-order valence-corrected chi connectivity index (χ1v) is 14.0. The van der Waals surface area contributed by atoms with E-state index in [-0.39, 0.29) is 23.4 Å². The van der Waals surface area contributed by atoms with E-state index in [0.717, 1.165) is 6.26 Å². The van der Waals surface area contributed by atoms with Gasteiger partial charge >= 0.3 is 0 Å². The summed E-state index contributed by atoms with van der Waals surface area (Å²) in [6, 6.07) is 2.94. The Hall–Kier alpha value is -1.89. The Morgan fingerprint density at radius 1 is 1.09 bits per heavy atom. The quantitative estimate of drug-likeness (QED) is 0.576. The second-order valence-electron chi connectivity index (χ2n) is 8.47. The lowest BCUT2D eigenvalue weighted by atomic mass is 10.0. The van der Waals surface area contributed by atoms with E-state index < -0.39 is 32.0 Å². The number of hydrogen-bond acceptors (Lipinski definition) is 7. The lowest BCUT2D eigenvalue weighted by Gasteiger charge is -2.32. The van der Waals surface area contributed by atoms with Crippen molar-refractivity contribution >= 4 is 26.0 Å². The average Bonchev–Trinajstić information content (AvgIpc) is 2.96. The van der Waals surface area contributed by atoms with Crippen LogP contribution in [0.2, 0.25) is 0 Å². The number of carbonyl (C=O) groups is 1. The minimum Gasteiger partial charge on any atom is -0.490 e. The molecule has 3 rings (SSSR count). The molecule has 0 aromatic heterocycles. The first-order chi connectivity index (χ1) is 15.0. The topological polar surface area (TPSA) is 131 Å². The van der Waals surface area contributed by atoms with Crippen molar-refractivity contribution in [1.82, 2.24) is 14.3 Å². The van der Waals surface area contributed by atoms with Gasteiger partial charge in [-0.15, -0.1) is 0 Å². The zero-order valence-electron chi connectivity index (χ0n) is 18.5. The van der Waals surface area contributed by atoms with Gasteiger partial charge < -0.3 is 14.8 Å². The number of sulfonamides is 2. The number of nitrogens with zero attached hydrogens (tertiary/aromatic N) is 1. The van der Waals surface area contributed by atoms with Crippen molar-refractivity contribution in [2.45, 2.75) is 50.1 Å². The van der Waals surface area contributed by atoms with Crippen molar-refractivity contribution in [1.29, 1.82) is 0 Å². The molecule has 2 N–H and O–H groups in total. The molecule has 0 spiro atoms. The maximum Gasteiger partial charge on any atom is 0.241 e. The summed E-state index contributed by atoms with van der Waals surface area (Å²) >= 11 is 0. The largest absolute Gasteiger partial charge is 0.490 e. The molecule has 2 aliphatic heterocycles. The minimum atomic E-state index is -4.02. The highest BCUT2D eigenvalue weighted by molar-refractivity contribution is 7.89. The Balaban J connectivity index is 1.73. The summed E-state index contributed by atoms with van der Waals surface area (Å²) in [5.41, 5.74) is 0. The minimum absolute atomic E-state index is 0.0267. The molecule has 0 radical (unpaired) electrons. The number of piperidine rings is 1. The van der Waals surface area contributed by atoms with E-state index >= 15 is 0 Å². The van der Waals surface area contributed by atoms with E-state index in [1.807, 2.05) is 0 Å². The summed E-state index contributed by atoms with van der Waals surface area (Å²) in [5, 5.41) is 2.82. The van der Waals surface area contributed by atoms with Crippen LogP contribution in [0.4, 0.5) is 0 Å². The van der Waals surface area contributed by atoms with Gasteiger partial charge in [-0.2, -0.15) is 4.72 Å². The van der Waals surface area contributed by atoms with E-state index in [1.165, 1.54) is 16.4 Å². The average molecular weight is 490 g/mol. The summed E-state index contributed by atoms with van der Waals surface area (Å²) in [6.07, 6.45) is 3.07. The molecule has 2 atom stereocenters. The molecule has 32 heavy (non-hydrogen) atoms. The van der Waals surface area contributed by atoms with Crippen LogP contribution in [0, 0.1) is 5.92 Å². The van der Waals surface area contributed by atoms with E-state index in [4.69, 9.17) is 9.47 Å². The molecule has 10 nitrogen and oxygen atoms in total. The predicted octanol–water partition coefficient (Wildman–Crippen LogP) is 0.691. The molecule has 0 bridgehead atoms. The summed E-state index contributed by atoms with van der Waals surface area (Å²) in [6.45, 7) is 4.98. The van der Waals surface area contributed by atoms with Crippen LogP contribution in [0.15, 0.2) is 23.1 Å². The van der Waals surface area contributed by atoms with Crippen molar-refractivity contribution in [2.75, 3.05) is 32.6 Å². The highest BCUT2D eigenvalue weighted by Gasteiger charge is 2.32. The van der Waals surface area contributed by atoms with Crippen molar-refractivity contribution < 1.29 is 31.1 Å². The monoisotopic (exact) mass is 489 g/mol. The number of rotatable bonds is 7. The van der Waals surface area contributed by atoms with Crippen molar-refractivity contribution in [3.63, 3.8) is 0 Å². The molecule has 1 aromatic rings. The second-order valence-corrected chi connectivity index (χ2v) is 12.2. The molecule has 2 heterocycles. The zero-order valence-corrected chi connectivity index (χ0v) is 20.2. The standard InChI is InChI=1S/C20H31N3O7S2/c1-14(2)19(20(24)21-15-6-4-9-23(13-15)31(3,25)26)22-32(27,28)16-7-8-17-18(12-16)30-11-5-10-29-17/h7-8,12,14-15,19,22H,4-6,9-11,13H2,1-3H3,(H,21,24). The Kier molecular flexibility index (Phi) is 7.69. The molecule has 1 fully saturated rings. The Labute approximate surface area is 189 Å². The maximum atomic E-state index is 13.0. The fourth-order valence-electron chi connectivity index (χ4n) is 3.69. The van der Waals surface area contributed by atoms with Gasteiger partial charge in [0.1, 0.15) is 6.04 Å².